The van der Waals surface area contributed by atoms with Gasteiger partial charge >= 0.3 is 5.97 Å². The number of benzene rings is 1. The van der Waals surface area contributed by atoms with Gasteiger partial charge in [-0.2, -0.15) is 0 Å². The van der Waals surface area contributed by atoms with E-state index in [9.17, 15) is 4.79 Å². The largest absolute Gasteiger partial charge is 0.462 e. The Bertz CT molecular complexity index is 431. The number of anilines is 2. The SMILES string of the molecule is CCOC(=O)c1cc(N)ccc1NC1CC1C. The topological polar surface area (TPSA) is 64.3 Å². The minimum atomic E-state index is -0.324. The highest BCUT2D eigenvalue weighted by Crippen LogP contribution is 2.34. The van der Waals surface area contributed by atoms with Crippen LogP contribution in [0.15, 0.2) is 18.2 Å². The van der Waals surface area contributed by atoms with Crippen LogP contribution in [-0.2, 0) is 4.74 Å². The summed E-state index contributed by atoms with van der Waals surface area (Å²) in [6, 6.07) is 5.75. The molecule has 2 atom stereocenters. The monoisotopic (exact) mass is 234 g/mol. The van der Waals surface area contributed by atoms with Crippen LogP contribution in [0.3, 0.4) is 0 Å². The number of nitrogen functional groups attached to an aromatic ring is 1. The number of carbonyl (C=O) groups excluding carboxylic acids is 1. The Morgan fingerprint density at radius 3 is 2.88 bits per heavy atom. The molecule has 1 aromatic carbocycles. The van der Waals surface area contributed by atoms with Crippen LogP contribution < -0.4 is 11.1 Å². The van der Waals surface area contributed by atoms with Crippen molar-refractivity contribution in [2.24, 2.45) is 5.92 Å². The number of esters is 1. The Morgan fingerprint density at radius 1 is 1.59 bits per heavy atom. The predicted octanol–water partition coefficient (Wildman–Crippen LogP) is 2.27. The van der Waals surface area contributed by atoms with Crippen molar-refractivity contribution < 1.29 is 9.53 Å². The van der Waals surface area contributed by atoms with Crippen LogP contribution in [0.2, 0.25) is 0 Å². The van der Waals surface area contributed by atoms with Gasteiger partial charge in [0.2, 0.25) is 0 Å². The fourth-order valence-electron chi connectivity index (χ4n) is 1.79. The van der Waals surface area contributed by atoms with E-state index in [1.165, 1.54) is 0 Å². The second kappa shape index (κ2) is 4.65. The Labute approximate surface area is 101 Å². The van der Waals surface area contributed by atoms with E-state index in [1.54, 1.807) is 19.1 Å². The molecule has 0 amide bonds. The van der Waals surface area contributed by atoms with Gasteiger partial charge in [-0.15, -0.1) is 0 Å². The van der Waals surface area contributed by atoms with Crippen molar-refractivity contribution in [1.82, 2.24) is 0 Å². The molecule has 0 spiro atoms. The third-order valence-corrected chi connectivity index (χ3v) is 2.99. The summed E-state index contributed by atoms with van der Waals surface area (Å²) in [6.07, 6.45) is 1.15. The molecule has 92 valence electrons. The standard InChI is InChI=1S/C13H18N2O2/c1-3-17-13(16)10-7-9(14)4-5-11(10)15-12-6-8(12)2/h4-5,7-8,12,15H,3,6,14H2,1-2H3. The number of ether oxygens (including phenoxy) is 1. The van der Waals surface area contributed by atoms with Gasteiger partial charge in [-0.3, -0.25) is 0 Å². The number of carbonyl (C=O) groups is 1. The predicted molar refractivity (Wildman–Crippen MR) is 68.0 cm³/mol. The van der Waals surface area contributed by atoms with Crippen LogP contribution in [0.1, 0.15) is 30.6 Å². The Balaban J connectivity index is 2.20. The van der Waals surface area contributed by atoms with Crippen LogP contribution in [0.4, 0.5) is 11.4 Å². The number of nitrogens with two attached hydrogens (primary N) is 1. The molecule has 0 aromatic heterocycles. The fourth-order valence-corrected chi connectivity index (χ4v) is 1.79. The van der Waals surface area contributed by atoms with Crippen LogP contribution in [0.25, 0.3) is 0 Å². The maximum Gasteiger partial charge on any atom is 0.340 e. The molecule has 4 heteroatoms. The zero-order chi connectivity index (χ0) is 12.4. The molecule has 2 unspecified atom stereocenters. The fraction of sp³-hybridized carbons (Fsp3) is 0.462. The summed E-state index contributed by atoms with van der Waals surface area (Å²) >= 11 is 0. The van der Waals surface area contributed by atoms with Crippen molar-refractivity contribution >= 4 is 17.3 Å². The van der Waals surface area contributed by atoms with E-state index in [2.05, 4.69) is 12.2 Å². The van der Waals surface area contributed by atoms with Gasteiger partial charge in [-0.25, -0.2) is 4.79 Å². The minimum Gasteiger partial charge on any atom is -0.462 e. The molecule has 0 bridgehead atoms. The lowest BCUT2D eigenvalue weighted by molar-refractivity contribution is 0.0527. The van der Waals surface area contributed by atoms with Gasteiger partial charge in [0.1, 0.15) is 0 Å². The molecule has 0 radical (unpaired) electrons. The van der Waals surface area contributed by atoms with Gasteiger partial charge in [-0.05, 0) is 37.5 Å². The minimum absolute atomic E-state index is 0.324. The molecule has 0 heterocycles. The summed E-state index contributed by atoms with van der Waals surface area (Å²) in [6.45, 7) is 4.34. The number of hydrogen-bond donors (Lipinski definition) is 2. The zero-order valence-corrected chi connectivity index (χ0v) is 10.2. The van der Waals surface area contributed by atoms with E-state index < -0.39 is 0 Å². The van der Waals surface area contributed by atoms with Gasteiger partial charge < -0.3 is 15.8 Å². The molecule has 1 fully saturated rings. The first kappa shape index (κ1) is 11.8. The van der Waals surface area contributed by atoms with E-state index in [0.717, 1.165) is 12.1 Å². The molecule has 2 rings (SSSR count). The lowest BCUT2D eigenvalue weighted by Gasteiger charge is -2.11. The van der Waals surface area contributed by atoms with Crippen LogP contribution >= 0.6 is 0 Å². The average molecular weight is 234 g/mol. The summed E-state index contributed by atoms with van der Waals surface area (Å²) < 4.78 is 5.02. The molecule has 1 saturated carbocycles. The summed E-state index contributed by atoms with van der Waals surface area (Å²) in [5.41, 5.74) is 7.60. The molecule has 1 aliphatic carbocycles. The molecular weight excluding hydrogens is 216 g/mol. The lowest BCUT2D eigenvalue weighted by Crippen LogP contribution is -2.12. The summed E-state index contributed by atoms with van der Waals surface area (Å²) in [4.78, 5) is 11.8. The highest BCUT2D eigenvalue weighted by molar-refractivity contribution is 5.96. The molecule has 3 N–H and O–H groups in total. The summed E-state index contributed by atoms with van der Waals surface area (Å²) in [5, 5.41) is 3.34. The maximum absolute atomic E-state index is 11.8. The van der Waals surface area contributed by atoms with E-state index in [1.807, 2.05) is 6.07 Å². The highest BCUT2D eigenvalue weighted by Gasteiger charge is 2.33. The smallest absolute Gasteiger partial charge is 0.340 e. The van der Waals surface area contributed by atoms with E-state index in [4.69, 9.17) is 10.5 Å². The van der Waals surface area contributed by atoms with Crippen molar-refractivity contribution in [1.29, 1.82) is 0 Å². The number of rotatable bonds is 4. The van der Waals surface area contributed by atoms with Crippen molar-refractivity contribution in [3.8, 4) is 0 Å². The third kappa shape index (κ3) is 2.70. The van der Waals surface area contributed by atoms with Gasteiger partial charge in [-0.1, -0.05) is 6.92 Å². The first-order chi connectivity index (χ1) is 8.11. The molecule has 0 saturated heterocycles. The molecule has 0 aliphatic heterocycles. The molecule has 1 aliphatic rings. The molecule has 1 aromatic rings. The average Bonchev–Trinajstić information content (AvgIpc) is 2.97. The van der Waals surface area contributed by atoms with Gasteiger partial charge in [0.05, 0.1) is 12.2 Å². The summed E-state index contributed by atoms with van der Waals surface area (Å²) in [7, 11) is 0. The molecule has 4 nitrogen and oxygen atoms in total. The molecule has 17 heavy (non-hydrogen) atoms. The van der Waals surface area contributed by atoms with Crippen molar-refractivity contribution in [3.05, 3.63) is 23.8 Å². The van der Waals surface area contributed by atoms with E-state index in [0.29, 0.717) is 29.8 Å². The zero-order valence-electron chi connectivity index (χ0n) is 10.2. The first-order valence-corrected chi connectivity index (χ1v) is 5.95. The van der Waals surface area contributed by atoms with Crippen molar-refractivity contribution in [2.45, 2.75) is 26.3 Å². The van der Waals surface area contributed by atoms with Gasteiger partial charge in [0, 0.05) is 17.4 Å². The third-order valence-electron chi connectivity index (χ3n) is 2.99. The van der Waals surface area contributed by atoms with Crippen molar-refractivity contribution in [2.75, 3.05) is 17.7 Å². The van der Waals surface area contributed by atoms with Crippen LogP contribution in [-0.4, -0.2) is 18.6 Å². The Hall–Kier alpha value is -1.71. The van der Waals surface area contributed by atoms with E-state index in [-0.39, 0.29) is 5.97 Å². The normalized spacial score (nSPS) is 22.0. The van der Waals surface area contributed by atoms with Gasteiger partial charge in [0.25, 0.3) is 0 Å². The van der Waals surface area contributed by atoms with Crippen molar-refractivity contribution in [3.63, 3.8) is 0 Å². The lowest BCUT2D eigenvalue weighted by atomic mass is 10.1. The Morgan fingerprint density at radius 2 is 2.29 bits per heavy atom. The number of nitrogens with one attached hydrogen (secondary N) is 1. The number of hydrogen-bond acceptors (Lipinski definition) is 4. The van der Waals surface area contributed by atoms with Crippen LogP contribution in [0.5, 0.6) is 0 Å². The van der Waals surface area contributed by atoms with Gasteiger partial charge in [0.15, 0.2) is 0 Å². The first-order valence-electron chi connectivity index (χ1n) is 5.95. The molecular formula is C13H18N2O2. The Kier molecular flexibility index (Phi) is 3.22. The second-order valence-electron chi connectivity index (χ2n) is 4.49. The highest BCUT2D eigenvalue weighted by atomic mass is 16.5. The quantitative estimate of drug-likeness (QED) is 0.619. The summed E-state index contributed by atoms with van der Waals surface area (Å²) in [5.74, 6) is 0.346. The second-order valence-corrected chi connectivity index (χ2v) is 4.49. The van der Waals surface area contributed by atoms with E-state index >= 15 is 0 Å². The maximum atomic E-state index is 11.8. The van der Waals surface area contributed by atoms with Crippen LogP contribution in [0, 0.1) is 5.92 Å².